The predicted octanol–water partition coefficient (Wildman–Crippen LogP) is 6.32. The van der Waals surface area contributed by atoms with Gasteiger partial charge in [-0.2, -0.15) is 0 Å². The van der Waals surface area contributed by atoms with Gasteiger partial charge in [-0.1, -0.05) is 80.1 Å². The predicted molar refractivity (Wildman–Crippen MR) is 111 cm³/mol. The van der Waals surface area contributed by atoms with Gasteiger partial charge in [0.05, 0.1) is 0 Å². The minimum Gasteiger partial charge on any atom is -0.299 e. The fraction of sp³-hybridized carbons (Fsp3) is 0.320. The van der Waals surface area contributed by atoms with Crippen molar-refractivity contribution in [3.05, 3.63) is 83.4 Å². The molecule has 3 aromatic rings. The Labute approximate surface area is 157 Å². The summed E-state index contributed by atoms with van der Waals surface area (Å²) in [5.74, 6) is 0.336. The van der Waals surface area contributed by atoms with Crippen LogP contribution in [0.25, 0.3) is 10.8 Å². The number of Topliss-reactive ketones (excluding diaryl/α,β-unsaturated/α-hetero) is 1. The average molecular weight is 344 g/mol. The van der Waals surface area contributed by atoms with E-state index in [2.05, 4.69) is 61.5 Å². The molecule has 0 aliphatic heterocycles. The molecule has 0 unspecified atom stereocenters. The quantitative estimate of drug-likeness (QED) is 0.444. The fourth-order valence-corrected chi connectivity index (χ4v) is 3.48. The molecule has 0 fully saturated rings. The van der Waals surface area contributed by atoms with Crippen LogP contribution >= 0.6 is 0 Å². The molecule has 0 aliphatic rings. The van der Waals surface area contributed by atoms with Crippen molar-refractivity contribution in [1.29, 1.82) is 0 Å². The van der Waals surface area contributed by atoms with Crippen molar-refractivity contribution in [2.45, 2.75) is 51.9 Å². The van der Waals surface area contributed by atoms with Crippen molar-refractivity contribution in [2.24, 2.45) is 0 Å². The summed E-state index contributed by atoms with van der Waals surface area (Å²) in [6, 6.07) is 23.5. The van der Waals surface area contributed by atoms with Crippen LogP contribution in [-0.4, -0.2) is 5.78 Å². The maximum atomic E-state index is 12.3. The first-order valence-electron chi connectivity index (χ1n) is 9.82. The molecule has 0 atom stereocenters. The summed E-state index contributed by atoms with van der Waals surface area (Å²) in [4.78, 5) is 12.3. The van der Waals surface area contributed by atoms with E-state index in [0.717, 1.165) is 24.8 Å². The third-order valence-corrected chi connectivity index (χ3v) is 4.95. The third-order valence-electron chi connectivity index (χ3n) is 4.95. The number of benzene rings is 3. The molecule has 0 aromatic heterocycles. The highest BCUT2D eigenvalue weighted by Gasteiger charge is 2.05. The minimum atomic E-state index is 0.336. The van der Waals surface area contributed by atoms with Crippen molar-refractivity contribution < 1.29 is 4.79 Å². The Morgan fingerprint density at radius 3 is 2.23 bits per heavy atom. The molecule has 0 bridgehead atoms. The third kappa shape index (κ3) is 5.29. The van der Waals surface area contributed by atoms with Crippen LogP contribution in [0.2, 0.25) is 0 Å². The van der Waals surface area contributed by atoms with Crippen molar-refractivity contribution in [3.63, 3.8) is 0 Å². The second-order valence-electron chi connectivity index (χ2n) is 7.17. The van der Waals surface area contributed by atoms with Gasteiger partial charge in [-0.15, -0.1) is 0 Å². The Kier molecular flexibility index (Phi) is 6.60. The Bertz CT molecular complexity index is 863. The molecule has 134 valence electrons. The summed E-state index contributed by atoms with van der Waals surface area (Å²) < 4.78 is 0. The van der Waals surface area contributed by atoms with Crippen molar-refractivity contribution >= 4 is 16.6 Å². The van der Waals surface area contributed by atoms with Crippen LogP contribution < -0.4 is 0 Å². The number of rotatable bonds is 9. The Morgan fingerprint density at radius 1 is 0.731 bits per heavy atom. The highest BCUT2D eigenvalue weighted by Crippen LogP contribution is 2.17. The molecule has 0 saturated heterocycles. The molecule has 3 rings (SSSR count). The first kappa shape index (κ1) is 18.4. The molecule has 0 saturated carbocycles. The summed E-state index contributed by atoms with van der Waals surface area (Å²) in [5, 5.41) is 2.44. The van der Waals surface area contributed by atoms with Crippen LogP contribution in [-0.2, 0) is 24.1 Å². The zero-order valence-corrected chi connectivity index (χ0v) is 15.7. The van der Waals surface area contributed by atoms with Crippen LogP contribution in [0.1, 0.15) is 49.3 Å². The topological polar surface area (TPSA) is 17.1 Å². The number of fused-ring (bicyclic) bond motifs is 1. The lowest BCUT2D eigenvalue weighted by Gasteiger charge is -2.06. The van der Waals surface area contributed by atoms with E-state index in [-0.39, 0.29) is 0 Å². The van der Waals surface area contributed by atoms with Gasteiger partial charge >= 0.3 is 0 Å². The van der Waals surface area contributed by atoms with E-state index < -0.39 is 0 Å². The van der Waals surface area contributed by atoms with E-state index in [0.29, 0.717) is 18.6 Å². The molecule has 0 spiro atoms. The number of ketones is 1. The molecule has 26 heavy (non-hydrogen) atoms. The molecule has 0 amide bonds. The van der Waals surface area contributed by atoms with Crippen molar-refractivity contribution in [3.8, 4) is 0 Å². The summed E-state index contributed by atoms with van der Waals surface area (Å²) >= 11 is 0. The molecule has 0 aliphatic carbocycles. The second-order valence-corrected chi connectivity index (χ2v) is 7.17. The number of carbonyl (C=O) groups is 1. The fourth-order valence-electron chi connectivity index (χ4n) is 3.48. The largest absolute Gasteiger partial charge is 0.299 e. The Hall–Kier alpha value is -2.41. The molecule has 1 nitrogen and oxygen atoms in total. The standard InChI is InChI=1S/C25H28O/c1-2-3-8-20-9-6-10-21(17-20)11-7-14-25(26)19-22-15-16-23-12-4-5-13-24(23)18-22/h4-6,9-10,12-13,15-18H,2-3,7-8,11,14,19H2,1H3. The normalized spacial score (nSPS) is 11.0. The number of aryl methyl sites for hydroxylation is 2. The van der Waals surface area contributed by atoms with Gasteiger partial charge < -0.3 is 0 Å². The molecule has 0 radical (unpaired) electrons. The monoisotopic (exact) mass is 344 g/mol. The van der Waals surface area contributed by atoms with Crippen LogP contribution in [0.4, 0.5) is 0 Å². The van der Waals surface area contributed by atoms with E-state index in [4.69, 9.17) is 0 Å². The van der Waals surface area contributed by atoms with E-state index in [1.165, 1.54) is 34.7 Å². The number of hydrogen-bond acceptors (Lipinski definition) is 1. The van der Waals surface area contributed by atoms with Gasteiger partial charge in [-0.3, -0.25) is 4.79 Å². The van der Waals surface area contributed by atoms with Crippen LogP contribution in [0, 0.1) is 0 Å². The lowest BCUT2D eigenvalue weighted by Crippen LogP contribution is -2.03. The minimum absolute atomic E-state index is 0.336. The lowest BCUT2D eigenvalue weighted by molar-refractivity contribution is -0.118. The van der Waals surface area contributed by atoms with Crippen LogP contribution in [0.3, 0.4) is 0 Å². The highest BCUT2D eigenvalue weighted by molar-refractivity contribution is 5.86. The molecule has 1 heteroatoms. The Balaban J connectivity index is 1.49. The Morgan fingerprint density at radius 2 is 1.46 bits per heavy atom. The zero-order chi connectivity index (χ0) is 18.2. The van der Waals surface area contributed by atoms with Gasteiger partial charge in [0.25, 0.3) is 0 Å². The second kappa shape index (κ2) is 9.33. The van der Waals surface area contributed by atoms with Crippen molar-refractivity contribution in [1.82, 2.24) is 0 Å². The van der Waals surface area contributed by atoms with Crippen LogP contribution in [0.15, 0.2) is 66.7 Å². The first-order valence-corrected chi connectivity index (χ1v) is 9.82. The lowest BCUT2D eigenvalue weighted by atomic mass is 9.99. The zero-order valence-electron chi connectivity index (χ0n) is 15.7. The smallest absolute Gasteiger partial charge is 0.137 e. The summed E-state index contributed by atoms with van der Waals surface area (Å²) in [5.41, 5.74) is 3.90. The number of hydrogen-bond donors (Lipinski definition) is 0. The van der Waals surface area contributed by atoms with Gasteiger partial charge in [0, 0.05) is 12.8 Å². The van der Waals surface area contributed by atoms with Gasteiger partial charge in [-0.05, 0) is 53.1 Å². The molecular weight excluding hydrogens is 316 g/mol. The average Bonchev–Trinajstić information content (AvgIpc) is 2.66. The van der Waals surface area contributed by atoms with E-state index in [1.54, 1.807) is 0 Å². The van der Waals surface area contributed by atoms with Gasteiger partial charge in [0.15, 0.2) is 0 Å². The maximum absolute atomic E-state index is 12.3. The highest BCUT2D eigenvalue weighted by atomic mass is 16.1. The first-order chi connectivity index (χ1) is 12.7. The van der Waals surface area contributed by atoms with Crippen molar-refractivity contribution in [2.75, 3.05) is 0 Å². The molecule has 0 N–H and O–H groups in total. The van der Waals surface area contributed by atoms with Gasteiger partial charge in [0.2, 0.25) is 0 Å². The summed E-state index contributed by atoms with van der Waals surface area (Å²) in [6.45, 7) is 2.23. The SMILES string of the molecule is CCCCc1cccc(CCCC(=O)Cc2ccc3ccccc3c2)c1. The van der Waals surface area contributed by atoms with Gasteiger partial charge in [0.1, 0.15) is 5.78 Å². The van der Waals surface area contributed by atoms with E-state index >= 15 is 0 Å². The summed E-state index contributed by atoms with van der Waals surface area (Å²) in [6.07, 6.45) is 6.76. The number of carbonyl (C=O) groups excluding carboxylic acids is 1. The maximum Gasteiger partial charge on any atom is 0.137 e. The van der Waals surface area contributed by atoms with E-state index in [9.17, 15) is 4.79 Å². The van der Waals surface area contributed by atoms with Crippen LogP contribution in [0.5, 0.6) is 0 Å². The molecule has 0 heterocycles. The van der Waals surface area contributed by atoms with E-state index in [1.807, 2.05) is 12.1 Å². The van der Waals surface area contributed by atoms with Gasteiger partial charge in [-0.25, -0.2) is 0 Å². The number of unbranched alkanes of at least 4 members (excludes halogenated alkanes) is 1. The molecular formula is C25H28O. The molecule has 3 aromatic carbocycles. The summed E-state index contributed by atoms with van der Waals surface area (Å²) in [7, 11) is 0.